The Hall–Kier alpha value is -3.99. The molecule has 0 atom stereocenters. The van der Waals surface area contributed by atoms with E-state index in [1.807, 2.05) is 66.7 Å². The Bertz CT molecular complexity index is 1100. The van der Waals surface area contributed by atoms with E-state index in [1.54, 1.807) is 30.7 Å². The Kier molecular flexibility index (Phi) is 5.58. The summed E-state index contributed by atoms with van der Waals surface area (Å²) in [5.74, 6) is 1.01. The topological polar surface area (TPSA) is 64.1 Å². The van der Waals surface area contributed by atoms with Gasteiger partial charge in [0.25, 0.3) is 5.91 Å². The summed E-state index contributed by atoms with van der Waals surface area (Å²) in [7, 11) is 0. The molecular formula is C24H19N3O2. The first kappa shape index (κ1) is 18.4. The van der Waals surface area contributed by atoms with Gasteiger partial charge in [-0.25, -0.2) is 0 Å². The molecule has 0 spiro atoms. The highest BCUT2D eigenvalue weighted by atomic mass is 16.5. The van der Waals surface area contributed by atoms with Crippen LogP contribution < -0.4 is 10.1 Å². The molecule has 2 aromatic carbocycles. The van der Waals surface area contributed by atoms with Gasteiger partial charge in [-0.3, -0.25) is 14.8 Å². The van der Waals surface area contributed by atoms with Crippen molar-refractivity contribution in [1.82, 2.24) is 15.3 Å². The minimum Gasteiger partial charge on any atom is -0.457 e. The highest BCUT2D eigenvalue weighted by Crippen LogP contribution is 2.25. The monoisotopic (exact) mass is 381 g/mol. The molecule has 0 saturated carbocycles. The van der Waals surface area contributed by atoms with E-state index in [0.717, 1.165) is 16.8 Å². The molecule has 29 heavy (non-hydrogen) atoms. The fraction of sp³-hybridized carbons (Fsp3) is 0.0417. The zero-order chi connectivity index (χ0) is 19.9. The maximum Gasteiger partial charge on any atom is 0.255 e. The van der Waals surface area contributed by atoms with E-state index >= 15 is 0 Å². The van der Waals surface area contributed by atoms with Crippen LogP contribution in [-0.2, 0) is 6.54 Å². The Morgan fingerprint density at radius 1 is 0.862 bits per heavy atom. The summed E-state index contributed by atoms with van der Waals surface area (Å²) in [4.78, 5) is 21.2. The number of para-hydroxylation sites is 2. The lowest BCUT2D eigenvalue weighted by Gasteiger charge is -2.12. The quantitative estimate of drug-likeness (QED) is 0.518. The second-order valence-electron chi connectivity index (χ2n) is 6.38. The molecular weight excluding hydrogens is 362 g/mol. The van der Waals surface area contributed by atoms with Crippen molar-refractivity contribution < 1.29 is 9.53 Å². The molecule has 0 radical (unpaired) electrons. The summed E-state index contributed by atoms with van der Waals surface area (Å²) in [6.07, 6.45) is 5.20. The first-order valence-corrected chi connectivity index (χ1v) is 9.25. The number of hydrogen-bond acceptors (Lipinski definition) is 4. The van der Waals surface area contributed by atoms with Crippen LogP contribution in [0.1, 0.15) is 15.9 Å². The first-order valence-electron chi connectivity index (χ1n) is 9.25. The van der Waals surface area contributed by atoms with E-state index in [0.29, 0.717) is 23.6 Å². The first-order chi connectivity index (χ1) is 14.3. The zero-order valence-electron chi connectivity index (χ0n) is 15.7. The maximum atomic E-state index is 12.8. The number of benzene rings is 2. The zero-order valence-corrected chi connectivity index (χ0v) is 15.7. The number of ether oxygens (including phenoxy) is 1. The van der Waals surface area contributed by atoms with E-state index in [4.69, 9.17) is 4.74 Å². The van der Waals surface area contributed by atoms with Crippen LogP contribution in [0.3, 0.4) is 0 Å². The van der Waals surface area contributed by atoms with Gasteiger partial charge in [0.15, 0.2) is 0 Å². The Balaban J connectivity index is 1.47. The molecule has 142 valence electrons. The average molecular weight is 381 g/mol. The lowest BCUT2D eigenvalue weighted by Crippen LogP contribution is -2.23. The standard InChI is InChI=1S/C24H19N3O2/c28-24(21-8-4-5-9-23(21)29-20-6-2-1-3-7-20)27-17-18-10-15-26-22(16-18)19-11-13-25-14-12-19/h1-16H,17H2,(H,27,28). The molecule has 0 aliphatic heterocycles. The van der Waals surface area contributed by atoms with Crippen LogP contribution >= 0.6 is 0 Å². The van der Waals surface area contributed by atoms with Crippen molar-refractivity contribution in [2.75, 3.05) is 0 Å². The minimum atomic E-state index is -0.196. The van der Waals surface area contributed by atoms with Gasteiger partial charge in [0, 0.05) is 30.7 Å². The van der Waals surface area contributed by atoms with Crippen molar-refractivity contribution >= 4 is 5.91 Å². The van der Waals surface area contributed by atoms with Gasteiger partial charge in [-0.15, -0.1) is 0 Å². The van der Waals surface area contributed by atoms with Crippen LogP contribution in [0.2, 0.25) is 0 Å². The third kappa shape index (κ3) is 4.65. The van der Waals surface area contributed by atoms with Crippen molar-refractivity contribution in [2.45, 2.75) is 6.54 Å². The largest absolute Gasteiger partial charge is 0.457 e. The third-order valence-corrected chi connectivity index (χ3v) is 4.36. The molecule has 2 heterocycles. The lowest BCUT2D eigenvalue weighted by atomic mass is 10.1. The molecule has 2 aromatic heterocycles. The number of carbonyl (C=O) groups excluding carboxylic acids is 1. The summed E-state index contributed by atoms with van der Waals surface area (Å²) in [5.41, 5.74) is 3.27. The van der Waals surface area contributed by atoms with Crippen molar-refractivity contribution in [3.63, 3.8) is 0 Å². The Labute approximate surface area is 169 Å². The number of nitrogens with zero attached hydrogens (tertiary/aromatic N) is 2. The number of aromatic nitrogens is 2. The summed E-state index contributed by atoms with van der Waals surface area (Å²) in [5, 5.41) is 2.96. The summed E-state index contributed by atoms with van der Waals surface area (Å²) >= 11 is 0. The van der Waals surface area contributed by atoms with Crippen molar-refractivity contribution in [3.8, 4) is 22.8 Å². The SMILES string of the molecule is O=C(NCc1ccnc(-c2ccncc2)c1)c1ccccc1Oc1ccccc1. The number of pyridine rings is 2. The second-order valence-corrected chi connectivity index (χ2v) is 6.38. The van der Waals surface area contributed by atoms with Crippen molar-refractivity contribution in [3.05, 3.63) is 109 Å². The maximum absolute atomic E-state index is 12.8. The van der Waals surface area contributed by atoms with E-state index in [2.05, 4.69) is 15.3 Å². The van der Waals surface area contributed by atoms with Gasteiger partial charge in [0.2, 0.25) is 0 Å². The number of nitrogens with one attached hydrogen (secondary N) is 1. The average Bonchev–Trinajstić information content (AvgIpc) is 2.79. The fourth-order valence-corrected chi connectivity index (χ4v) is 2.90. The van der Waals surface area contributed by atoms with Gasteiger partial charge in [-0.05, 0) is 54.1 Å². The predicted molar refractivity (Wildman–Crippen MR) is 112 cm³/mol. The van der Waals surface area contributed by atoms with Crippen LogP contribution in [0.15, 0.2) is 97.5 Å². The summed E-state index contributed by atoms with van der Waals surface area (Å²) < 4.78 is 5.88. The van der Waals surface area contributed by atoms with Gasteiger partial charge in [0.1, 0.15) is 11.5 Å². The van der Waals surface area contributed by atoms with Gasteiger partial charge in [0.05, 0.1) is 11.3 Å². The Morgan fingerprint density at radius 2 is 1.62 bits per heavy atom. The Morgan fingerprint density at radius 3 is 2.45 bits per heavy atom. The molecule has 1 amide bonds. The van der Waals surface area contributed by atoms with Gasteiger partial charge in [-0.1, -0.05) is 30.3 Å². The molecule has 0 aliphatic rings. The van der Waals surface area contributed by atoms with Crippen LogP contribution in [0.25, 0.3) is 11.3 Å². The number of hydrogen-bond donors (Lipinski definition) is 1. The molecule has 4 aromatic rings. The number of carbonyl (C=O) groups is 1. The smallest absolute Gasteiger partial charge is 0.255 e. The molecule has 5 heteroatoms. The predicted octanol–water partition coefficient (Wildman–Crippen LogP) is 4.87. The molecule has 0 fully saturated rings. The van der Waals surface area contributed by atoms with Crippen molar-refractivity contribution in [1.29, 1.82) is 0 Å². The van der Waals surface area contributed by atoms with Gasteiger partial charge in [-0.2, -0.15) is 0 Å². The minimum absolute atomic E-state index is 0.196. The van der Waals surface area contributed by atoms with E-state index in [9.17, 15) is 4.79 Å². The second kappa shape index (κ2) is 8.80. The molecule has 0 bridgehead atoms. The number of amides is 1. The van der Waals surface area contributed by atoms with Gasteiger partial charge >= 0.3 is 0 Å². The molecule has 5 nitrogen and oxygen atoms in total. The van der Waals surface area contributed by atoms with E-state index in [-0.39, 0.29) is 5.91 Å². The van der Waals surface area contributed by atoms with Crippen molar-refractivity contribution in [2.24, 2.45) is 0 Å². The van der Waals surface area contributed by atoms with Crippen LogP contribution in [0.5, 0.6) is 11.5 Å². The van der Waals surface area contributed by atoms with E-state index in [1.165, 1.54) is 0 Å². The van der Waals surface area contributed by atoms with Crippen LogP contribution in [0, 0.1) is 0 Å². The fourth-order valence-electron chi connectivity index (χ4n) is 2.90. The molecule has 0 aliphatic carbocycles. The molecule has 4 rings (SSSR count). The molecule has 0 saturated heterocycles. The summed E-state index contributed by atoms with van der Waals surface area (Å²) in [6, 6.07) is 24.3. The van der Waals surface area contributed by atoms with E-state index < -0.39 is 0 Å². The summed E-state index contributed by atoms with van der Waals surface area (Å²) in [6.45, 7) is 0.388. The molecule has 1 N–H and O–H groups in total. The lowest BCUT2D eigenvalue weighted by molar-refractivity contribution is 0.0948. The number of rotatable bonds is 6. The molecule has 0 unspecified atom stereocenters. The van der Waals surface area contributed by atoms with Crippen LogP contribution in [-0.4, -0.2) is 15.9 Å². The van der Waals surface area contributed by atoms with Gasteiger partial charge < -0.3 is 10.1 Å². The highest BCUT2D eigenvalue weighted by Gasteiger charge is 2.13. The third-order valence-electron chi connectivity index (χ3n) is 4.36. The normalized spacial score (nSPS) is 10.3. The highest BCUT2D eigenvalue weighted by molar-refractivity contribution is 5.97. The van der Waals surface area contributed by atoms with Crippen LogP contribution in [0.4, 0.5) is 0 Å².